The zero-order valence-corrected chi connectivity index (χ0v) is 11.7. The number of hydrogen-bond acceptors (Lipinski definition) is 3. The van der Waals surface area contributed by atoms with Crippen LogP contribution >= 0.6 is 0 Å². The van der Waals surface area contributed by atoms with E-state index in [0.717, 1.165) is 5.57 Å². The van der Waals surface area contributed by atoms with Gasteiger partial charge in [0.05, 0.1) is 12.5 Å². The molecule has 2 unspecified atom stereocenters. The second-order valence-electron chi connectivity index (χ2n) is 6.53. The van der Waals surface area contributed by atoms with Gasteiger partial charge in [-0.15, -0.1) is 0 Å². The summed E-state index contributed by atoms with van der Waals surface area (Å²) < 4.78 is 5.41. The third-order valence-corrected chi connectivity index (χ3v) is 3.28. The van der Waals surface area contributed by atoms with Gasteiger partial charge in [-0.25, -0.2) is 0 Å². The second kappa shape index (κ2) is 4.45. The topological polar surface area (TPSA) is 46.5 Å². The summed E-state index contributed by atoms with van der Waals surface area (Å²) in [5.41, 5.74) is 0.420. The Morgan fingerprint density at radius 1 is 1.41 bits per heavy atom. The van der Waals surface area contributed by atoms with Crippen LogP contribution in [0.25, 0.3) is 0 Å². The summed E-state index contributed by atoms with van der Waals surface area (Å²) >= 11 is 0. The molecule has 98 valence electrons. The minimum absolute atomic E-state index is 0.0492. The first kappa shape index (κ1) is 14.2. The van der Waals surface area contributed by atoms with Crippen LogP contribution in [0.2, 0.25) is 0 Å². The van der Waals surface area contributed by atoms with E-state index in [1.807, 2.05) is 33.8 Å². The Bertz CT molecular complexity index is 334. The number of ether oxygens (including phenoxy) is 1. The highest BCUT2D eigenvalue weighted by Crippen LogP contribution is 2.60. The van der Waals surface area contributed by atoms with Gasteiger partial charge < -0.3 is 9.84 Å². The predicted molar refractivity (Wildman–Crippen MR) is 67.4 cm³/mol. The molecule has 0 bridgehead atoms. The van der Waals surface area contributed by atoms with E-state index in [0.29, 0.717) is 0 Å². The van der Waals surface area contributed by atoms with Gasteiger partial charge in [-0.1, -0.05) is 25.5 Å². The van der Waals surface area contributed by atoms with Crippen LogP contribution in [-0.4, -0.2) is 23.3 Å². The molecule has 3 nitrogen and oxygen atoms in total. The molecule has 0 aliphatic heterocycles. The van der Waals surface area contributed by atoms with E-state index in [9.17, 15) is 4.79 Å². The van der Waals surface area contributed by atoms with E-state index in [2.05, 4.69) is 13.8 Å². The van der Waals surface area contributed by atoms with Crippen molar-refractivity contribution >= 4 is 5.97 Å². The van der Waals surface area contributed by atoms with Crippen molar-refractivity contribution in [3.05, 3.63) is 11.6 Å². The molecule has 0 heterocycles. The van der Waals surface area contributed by atoms with E-state index in [-0.39, 0.29) is 29.8 Å². The maximum Gasteiger partial charge on any atom is 0.310 e. The van der Waals surface area contributed by atoms with E-state index < -0.39 is 5.60 Å². The Hall–Kier alpha value is -0.830. The van der Waals surface area contributed by atoms with Crippen molar-refractivity contribution in [2.75, 3.05) is 6.61 Å². The molecular weight excluding hydrogens is 216 g/mol. The Labute approximate surface area is 104 Å². The Morgan fingerprint density at radius 2 is 1.94 bits per heavy atom. The van der Waals surface area contributed by atoms with Crippen molar-refractivity contribution in [1.82, 2.24) is 0 Å². The molecule has 1 aliphatic carbocycles. The Balaban J connectivity index is 2.71. The average Bonchev–Trinajstić information content (AvgIpc) is 2.65. The first-order chi connectivity index (χ1) is 7.59. The first-order valence-electron chi connectivity index (χ1n) is 6.10. The Morgan fingerprint density at radius 3 is 2.35 bits per heavy atom. The molecule has 0 radical (unpaired) electrons. The van der Waals surface area contributed by atoms with E-state index in [1.54, 1.807) is 0 Å². The van der Waals surface area contributed by atoms with Crippen molar-refractivity contribution < 1.29 is 14.6 Å². The standard InChI is InChI=1S/C14H24O3/c1-9(8-15)7-10-11(14(10,5)6)12(16)17-13(2,3)4/h7,10-11,15H,8H2,1-6H3/b9-7+. The zero-order valence-electron chi connectivity index (χ0n) is 11.7. The fourth-order valence-electron chi connectivity index (χ4n) is 2.16. The third-order valence-electron chi connectivity index (χ3n) is 3.28. The molecular formula is C14H24O3. The summed E-state index contributed by atoms with van der Waals surface area (Å²) in [6, 6.07) is 0. The number of esters is 1. The highest BCUT2D eigenvalue weighted by Gasteiger charge is 2.61. The second-order valence-corrected chi connectivity index (χ2v) is 6.53. The molecule has 1 fully saturated rings. The maximum atomic E-state index is 12.0. The number of aliphatic hydroxyl groups is 1. The molecule has 1 rings (SSSR count). The smallest absolute Gasteiger partial charge is 0.310 e. The minimum atomic E-state index is -0.434. The molecule has 0 amide bonds. The van der Waals surface area contributed by atoms with Crippen molar-refractivity contribution in [3.8, 4) is 0 Å². The molecule has 0 aromatic carbocycles. The van der Waals surface area contributed by atoms with Crippen LogP contribution in [0, 0.1) is 17.3 Å². The lowest BCUT2D eigenvalue weighted by atomic mass is 10.1. The molecule has 1 aliphatic rings. The molecule has 1 N–H and O–H groups in total. The monoisotopic (exact) mass is 240 g/mol. The summed E-state index contributed by atoms with van der Waals surface area (Å²) in [4.78, 5) is 12.0. The largest absolute Gasteiger partial charge is 0.460 e. The summed E-state index contributed by atoms with van der Waals surface area (Å²) in [5, 5.41) is 9.01. The highest BCUT2D eigenvalue weighted by atomic mass is 16.6. The zero-order chi connectivity index (χ0) is 13.4. The van der Waals surface area contributed by atoms with Gasteiger partial charge in [0.25, 0.3) is 0 Å². The molecule has 0 saturated heterocycles. The molecule has 0 aromatic rings. The van der Waals surface area contributed by atoms with Crippen LogP contribution in [0.5, 0.6) is 0 Å². The SMILES string of the molecule is C/C(=C\C1C(C(=O)OC(C)(C)C)C1(C)C)CO. The van der Waals surface area contributed by atoms with E-state index in [1.165, 1.54) is 0 Å². The average molecular weight is 240 g/mol. The number of carbonyl (C=O) groups excluding carboxylic acids is 1. The fourth-order valence-corrected chi connectivity index (χ4v) is 2.16. The fraction of sp³-hybridized carbons (Fsp3) is 0.786. The molecule has 2 atom stereocenters. The number of allylic oxidation sites excluding steroid dienone is 1. The molecule has 0 spiro atoms. The summed E-state index contributed by atoms with van der Waals surface area (Å²) in [7, 11) is 0. The van der Waals surface area contributed by atoms with Crippen LogP contribution < -0.4 is 0 Å². The van der Waals surface area contributed by atoms with Gasteiger partial charge in [0.2, 0.25) is 0 Å². The summed E-state index contributed by atoms with van der Waals surface area (Å²) in [5.74, 6) is -0.0257. The number of aliphatic hydroxyl groups excluding tert-OH is 1. The maximum absolute atomic E-state index is 12.0. The predicted octanol–water partition coefficient (Wildman–Crippen LogP) is 2.54. The number of hydrogen-bond donors (Lipinski definition) is 1. The number of rotatable bonds is 3. The first-order valence-corrected chi connectivity index (χ1v) is 6.10. The molecule has 3 heteroatoms. The van der Waals surface area contributed by atoms with Crippen molar-refractivity contribution in [1.29, 1.82) is 0 Å². The molecule has 1 saturated carbocycles. The van der Waals surface area contributed by atoms with Crippen LogP contribution in [0.1, 0.15) is 41.5 Å². The minimum Gasteiger partial charge on any atom is -0.460 e. The summed E-state index contributed by atoms with van der Waals surface area (Å²) in [6.07, 6.45) is 1.99. The Kier molecular flexibility index (Phi) is 3.72. The van der Waals surface area contributed by atoms with Gasteiger partial charge in [0.1, 0.15) is 5.60 Å². The summed E-state index contributed by atoms with van der Waals surface area (Å²) in [6.45, 7) is 11.7. The van der Waals surface area contributed by atoms with Crippen LogP contribution in [0.15, 0.2) is 11.6 Å². The lowest BCUT2D eigenvalue weighted by Gasteiger charge is -2.19. The lowest BCUT2D eigenvalue weighted by molar-refractivity contribution is -0.157. The van der Waals surface area contributed by atoms with Gasteiger partial charge in [0, 0.05) is 0 Å². The lowest BCUT2D eigenvalue weighted by Crippen LogP contribution is -2.26. The van der Waals surface area contributed by atoms with E-state index in [4.69, 9.17) is 9.84 Å². The van der Waals surface area contributed by atoms with Gasteiger partial charge in [-0.3, -0.25) is 4.79 Å². The van der Waals surface area contributed by atoms with Crippen LogP contribution in [0.4, 0.5) is 0 Å². The number of carbonyl (C=O) groups is 1. The van der Waals surface area contributed by atoms with Gasteiger partial charge in [0.15, 0.2) is 0 Å². The molecule has 17 heavy (non-hydrogen) atoms. The van der Waals surface area contributed by atoms with Crippen molar-refractivity contribution in [2.24, 2.45) is 17.3 Å². The van der Waals surface area contributed by atoms with Crippen molar-refractivity contribution in [3.63, 3.8) is 0 Å². The molecule has 0 aromatic heterocycles. The van der Waals surface area contributed by atoms with Crippen LogP contribution in [0.3, 0.4) is 0 Å². The quantitative estimate of drug-likeness (QED) is 0.609. The van der Waals surface area contributed by atoms with Gasteiger partial charge in [-0.05, 0) is 39.0 Å². The van der Waals surface area contributed by atoms with Crippen LogP contribution in [-0.2, 0) is 9.53 Å². The normalized spacial score (nSPS) is 27.8. The third kappa shape index (κ3) is 3.32. The van der Waals surface area contributed by atoms with Gasteiger partial charge >= 0.3 is 5.97 Å². The van der Waals surface area contributed by atoms with E-state index >= 15 is 0 Å². The van der Waals surface area contributed by atoms with Crippen molar-refractivity contribution in [2.45, 2.75) is 47.1 Å². The highest BCUT2D eigenvalue weighted by molar-refractivity contribution is 5.78. The van der Waals surface area contributed by atoms with Gasteiger partial charge in [-0.2, -0.15) is 0 Å².